The number of rotatable bonds is 6. The van der Waals surface area contributed by atoms with Gasteiger partial charge in [-0.3, -0.25) is 0 Å². The first-order chi connectivity index (χ1) is 7.22. The molecule has 1 rings (SSSR count). The minimum atomic E-state index is -0.941. The van der Waals surface area contributed by atoms with Gasteiger partial charge in [0, 0.05) is 12.5 Å². The molecule has 0 amide bonds. The Kier molecular flexibility index (Phi) is 5.04. The van der Waals surface area contributed by atoms with Crippen LogP contribution in [0.5, 0.6) is 5.75 Å². The van der Waals surface area contributed by atoms with Crippen molar-refractivity contribution in [2.24, 2.45) is 5.73 Å². The average Bonchev–Trinajstić information content (AvgIpc) is 2.18. The van der Waals surface area contributed by atoms with E-state index in [1.807, 2.05) is 0 Å². The molecule has 0 heterocycles. The summed E-state index contributed by atoms with van der Waals surface area (Å²) >= 11 is 0. The van der Waals surface area contributed by atoms with E-state index >= 15 is 0 Å². The molecule has 0 bridgehead atoms. The van der Waals surface area contributed by atoms with Crippen molar-refractivity contribution >= 4 is 0 Å². The first-order valence-electron chi connectivity index (χ1n) is 4.95. The van der Waals surface area contributed by atoms with Crippen LogP contribution >= 0.6 is 0 Å². The van der Waals surface area contributed by atoms with E-state index in [-0.39, 0.29) is 18.8 Å². The molecule has 0 aliphatic rings. The maximum atomic E-state index is 13.0. The molecule has 0 aliphatic heterocycles. The largest absolute Gasteiger partial charge is 0.493 e. The maximum absolute atomic E-state index is 13.0. The number of hydrogen-bond acceptors (Lipinski definition) is 2. The Balaban J connectivity index is 2.25. The van der Waals surface area contributed by atoms with Gasteiger partial charge in [-0.1, -0.05) is 6.07 Å². The molecular weight excluding hydrogens is 200 g/mol. The Labute approximate surface area is 88.0 Å². The monoisotopic (exact) mass is 215 g/mol. The summed E-state index contributed by atoms with van der Waals surface area (Å²) in [7, 11) is 0. The first kappa shape index (κ1) is 11.9. The van der Waals surface area contributed by atoms with Crippen molar-refractivity contribution in [1.29, 1.82) is 0 Å². The van der Waals surface area contributed by atoms with Crippen LogP contribution in [0.15, 0.2) is 24.3 Å². The Hall–Kier alpha value is -1.16. The molecule has 0 aromatic heterocycles. The van der Waals surface area contributed by atoms with E-state index in [1.165, 1.54) is 12.1 Å². The lowest BCUT2D eigenvalue weighted by molar-refractivity contribution is 0.227. The van der Waals surface area contributed by atoms with Gasteiger partial charge in [-0.15, -0.1) is 0 Å². The first-order valence-corrected chi connectivity index (χ1v) is 4.95. The fraction of sp³-hybridized carbons (Fsp3) is 0.455. The van der Waals surface area contributed by atoms with Gasteiger partial charge in [0.05, 0.1) is 6.61 Å². The summed E-state index contributed by atoms with van der Waals surface area (Å²) in [5, 5.41) is 0. The molecule has 84 valence electrons. The zero-order chi connectivity index (χ0) is 11.1. The van der Waals surface area contributed by atoms with Crippen molar-refractivity contribution in [3.05, 3.63) is 30.1 Å². The Morgan fingerprint density at radius 1 is 1.33 bits per heavy atom. The van der Waals surface area contributed by atoms with Crippen molar-refractivity contribution in [1.82, 2.24) is 0 Å². The minimum absolute atomic E-state index is 0.241. The summed E-state index contributed by atoms with van der Waals surface area (Å²) in [6.07, 6.45) is -0.316. The zero-order valence-electron chi connectivity index (χ0n) is 8.46. The Bertz CT molecular complexity index is 294. The van der Waals surface area contributed by atoms with Gasteiger partial charge in [0.15, 0.2) is 0 Å². The second kappa shape index (κ2) is 6.35. The van der Waals surface area contributed by atoms with Crippen molar-refractivity contribution in [2.75, 3.05) is 13.2 Å². The van der Waals surface area contributed by atoms with Gasteiger partial charge in [0.1, 0.15) is 17.7 Å². The van der Waals surface area contributed by atoms with Crippen molar-refractivity contribution in [3.8, 4) is 5.75 Å². The van der Waals surface area contributed by atoms with Crippen LogP contribution in [0, 0.1) is 5.82 Å². The van der Waals surface area contributed by atoms with Crippen molar-refractivity contribution in [2.45, 2.75) is 19.0 Å². The molecule has 0 aliphatic carbocycles. The van der Waals surface area contributed by atoms with Crippen LogP contribution in [0.4, 0.5) is 8.78 Å². The van der Waals surface area contributed by atoms with Crippen LogP contribution in [0.1, 0.15) is 12.8 Å². The molecular formula is C11H15F2NO. The average molecular weight is 215 g/mol. The van der Waals surface area contributed by atoms with Gasteiger partial charge in [-0.05, 0) is 25.1 Å². The highest BCUT2D eigenvalue weighted by molar-refractivity contribution is 5.22. The number of alkyl halides is 1. The van der Waals surface area contributed by atoms with Gasteiger partial charge < -0.3 is 10.5 Å². The van der Waals surface area contributed by atoms with E-state index in [9.17, 15) is 8.78 Å². The smallest absolute Gasteiger partial charge is 0.126 e. The lowest BCUT2D eigenvalue weighted by Crippen LogP contribution is -2.12. The number of benzene rings is 1. The highest BCUT2D eigenvalue weighted by Crippen LogP contribution is 2.13. The number of hydrogen-bond donors (Lipinski definition) is 1. The summed E-state index contributed by atoms with van der Waals surface area (Å²) in [5.74, 6) is 0.0706. The molecule has 0 fully saturated rings. The summed E-state index contributed by atoms with van der Waals surface area (Å²) in [6.45, 7) is 0.575. The lowest BCUT2D eigenvalue weighted by atomic mass is 10.2. The minimum Gasteiger partial charge on any atom is -0.493 e. The fourth-order valence-corrected chi connectivity index (χ4v) is 1.19. The van der Waals surface area contributed by atoms with Crippen molar-refractivity contribution in [3.63, 3.8) is 0 Å². The maximum Gasteiger partial charge on any atom is 0.126 e. The molecule has 1 atom stereocenters. The quantitative estimate of drug-likeness (QED) is 0.790. The van der Waals surface area contributed by atoms with Gasteiger partial charge in [0.25, 0.3) is 0 Å². The predicted molar refractivity (Wildman–Crippen MR) is 55.1 cm³/mol. The fourth-order valence-electron chi connectivity index (χ4n) is 1.19. The van der Waals surface area contributed by atoms with E-state index in [1.54, 1.807) is 12.1 Å². The normalized spacial score (nSPS) is 12.5. The van der Waals surface area contributed by atoms with Crippen LogP contribution in [0.25, 0.3) is 0 Å². The van der Waals surface area contributed by atoms with Gasteiger partial charge in [0.2, 0.25) is 0 Å². The molecule has 4 heteroatoms. The van der Waals surface area contributed by atoms with E-state index < -0.39 is 6.17 Å². The second-order valence-corrected chi connectivity index (χ2v) is 3.27. The summed E-state index contributed by atoms with van der Waals surface area (Å²) in [4.78, 5) is 0. The number of ether oxygens (including phenoxy) is 1. The van der Waals surface area contributed by atoms with Crippen molar-refractivity contribution < 1.29 is 13.5 Å². The molecule has 0 spiro atoms. The highest BCUT2D eigenvalue weighted by Gasteiger charge is 2.05. The van der Waals surface area contributed by atoms with E-state index in [4.69, 9.17) is 10.5 Å². The number of halogens is 2. The molecule has 0 saturated heterocycles. The molecule has 2 nitrogen and oxygen atoms in total. The van der Waals surface area contributed by atoms with Gasteiger partial charge >= 0.3 is 0 Å². The highest BCUT2D eigenvalue weighted by atomic mass is 19.1. The van der Waals surface area contributed by atoms with Crippen LogP contribution in [-0.4, -0.2) is 19.3 Å². The molecule has 0 saturated carbocycles. The Morgan fingerprint density at radius 2 is 2.13 bits per heavy atom. The second-order valence-electron chi connectivity index (χ2n) is 3.27. The van der Waals surface area contributed by atoms with Gasteiger partial charge in [-0.25, -0.2) is 8.78 Å². The van der Waals surface area contributed by atoms with Gasteiger partial charge in [-0.2, -0.15) is 0 Å². The summed E-state index contributed by atoms with van der Waals surface area (Å²) in [6, 6.07) is 5.80. The Morgan fingerprint density at radius 3 is 2.80 bits per heavy atom. The third-order valence-electron chi connectivity index (χ3n) is 1.98. The standard InChI is InChI=1S/C11H15F2NO/c12-9(4-6-14)5-7-15-11-3-1-2-10(13)8-11/h1-3,8-9H,4-7,14H2. The molecule has 1 aromatic rings. The molecule has 2 N–H and O–H groups in total. The lowest BCUT2D eigenvalue weighted by Gasteiger charge is -2.08. The third kappa shape index (κ3) is 4.74. The molecule has 1 aromatic carbocycles. The van der Waals surface area contributed by atoms with E-state index in [0.29, 0.717) is 18.7 Å². The molecule has 0 radical (unpaired) electrons. The topological polar surface area (TPSA) is 35.2 Å². The molecule has 1 unspecified atom stereocenters. The van der Waals surface area contributed by atoms with E-state index in [0.717, 1.165) is 0 Å². The van der Waals surface area contributed by atoms with E-state index in [2.05, 4.69) is 0 Å². The van der Waals surface area contributed by atoms with Crippen LogP contribution in [-0.2, 0) is 0 Å². The van der Waals surface area contributed by atoms with Crippen LogP contribution in [0.2, 0.25) is 0 Å². The zero-order valence-corrected chi connectivity index (χ0v) is 8.46. The third-order valence-corrected chi connectivity index (χ3v) is 1.98. The number of nitrogens with two attached hydrogens (primary N) is 1. The summed E-state index contributed by atoms with van der Waals surface area (Å²) < 4.78 is 30.8. The SMILES string of the molecule is NCCC(F)CCOc1cccc(F)c1. The predicted octanol–water partition coefficient (Wildman–Crippen LogP) is 2.28. The van der Waals surface area contributed by atoms with Crippen LogP contribution in [0.3, 0.4) is 0 Å². The summed E-state index contributed by atoms with van der Waals surface area (Å²) in [5.41, 5.74) is 5.20. The van der Waals surface area contributed by atoms with Crippen LogP contribution < -0.4 is 10.5 Å². The molecule has 15 heavy (non-hydrogen) atoms.